The van der Waals surface area contributed by atoms with Gasteiger partial charge in [-0.1, -0.05) is 18.2 Å². The Morgan fingerprint density at radius 1 is 1.35 bits per heavy atom. The first-order valence-electron chi connectivity index (χ1n) is 5.81. The van der Waals surface area contributed by atoms with E-state index >= 15 is 0 Å². The summed E-state index contributed by atoms with van der Waals surface area (Å²) >= 11 is 0. The van der Waals surface area contributed by atoms with Crippen molar-refractivity contribution in [1.29, 1.82) is 0 Å². The summed E-state index contributed by atoms with van der Waals surface area (Å²) in [5.41, 5.74) is 2.33. The minimum absolute atomic E-state index is 0.0470. The lowest BCUT2D eigenvalue weighted by molar-refractivity contribution is -0.121. The number of nitrogens with one attached hydrogen (secondary N) is 1. The fourth-order valence-corrected chi connectivity index (χ4v) is 2.20. The molecule has 3 nitrogen and oxygen atoms in total. The standard InChI is InChI=1S/C14H18N2O/c1-10(17)14(16(2)3)8-11-9-15-13-7-5-4-6-12(11)13/h4-7,9,14-15H,8H2,1-3H3. The van der Waals surface area contributed by atoms with E-state index in [4.69, 9.17) is 0 Å². The first-order chi connectivity index (χ1) is 8.09. The third kappa shape index (κ3) is 2.39. The highest BCUT2D eigenvalue weighted by Gasteiger charge is 2.18. The highest BCUT2D eigenvalue weighted by Crippen LogP contribution is 2.20. The number of carbonyl (C=O) groups excluding carboxylic acids is 1. The quantitative estimate of drug-likeness (QED) is 0.874. The van der Waals surface area contributed by atoms with Gasteiger partial charge in [-0.2, -0.15) is 0 Å². The maximum Gasteiger partial charge on any atom is 0.147 e. The molecule has 0 spiro atoms. The second-order valence-corrected chi connectivity index (χ2v) is 4.65. The molecule has 0 fully saturated rings. The number of nitrogens with zero attached hydrogens (tertiary/aromatic N) is 1. The van der Waals surface area contributed by atoms with E-state index in [2.05, 4.69) is 17.1 Å². The number of aromatic nitrogens is 1. The highest BCUT2D eigenvalue weighted by molar-refractivity contribution is 5.86. The van der Waals surface area contributed by atoms with E-state index < -0.39 is 0 Å². The Hall–Kier alpha value is -1.61. The molecule has 1 unspecified atom stereocenters. The van der Waals surface area contributed by atoms with Crippen molar-refractivity contribution in [2.45, 2.75) is 19.4 Å². The molecular formula is C14H18N2O. The summed E-state index contributed by atoms with van der Waals surface area (Å²) in [6.07, 6.45) is 2.76. The molecule has 0 bridgehead atoms. The zero-order chi connectivity index (χ0) is 12.4. The van der Waals surface area contributed by atoms with Crippen LogP contribution in [0.2, 0.25) is 0 Å². The van der Waals surface area contributed by atoms with Crippen molar-refractivity contribution in [3.05, 3.63) is 36.0 Å². The van der Waals surface area contributed by atoms with Crippen molar-refractivity contribution in [3.8, 4) is 0 Å². The van der Waals surface area contributed by atoms with Crippen LogP contribution < -0.4 is 0 Å². The van der Waals surface area contributed by atoms with E-state index in [9.17, 15) is 4.79 Å². The monoisotopic (exact) mass is 230 g/mol. The van der Waals surface area contributed by atoms with Crippen molar-refractivity contribution < 1.29 is 4.79 Å². The smallest absolute Gasteiger partial charge is 0.147 e. The van der Waals surface area contributed by atoms with Crippen LogP contribution in [0, 0.1) is 0 Å². The molecule has 0 aliphatic carbocycles. The molecule has 0 amide bonds. The number of benzene rings is 1. The number of aromatic amines is 1. The third-order valence-corrected chi connectivity index (χ3v) is 3.18. The maximum absolute atomic E-state index is 11.6. The van der Waals surface area contributed by atoms with Crippen molar-refractivity contribution in [2.75, 3.05) is 14.1 Å². The average molecular weight is 230 g/mol. The van der Waals surface area contributed by atoms with Crippen LogP contribution in [0.1, 0.15) is 12.5 Å². The lowest BCUT2D eigenvalue weighted by Gasteiger charge is -2.21. The molecule has 90 valence electrons. The van der Waals surface area contributed by atoms with Gasteiger partial charge in [0.05, 0.1) is 6.04 Å². The molecule has 0 aliphatic heterocycles. The number of likely N-dealkylation sites (N-methyl/N-ethyl adjacent to an activating group) is 1. The summed E-state index contributed by atoms with van der Waals surface area (Å²) in [6.45, 7) is 1.65. The van der Waals surface area contributed by atoms with Gasteiger partial charge < -0.3 is 4.98 Å². The molecule has 0 aliphatic rings. The molecule has 1 atom stereocenters. The summed E-state index contributed by atoms with van der Waals surface area (Å²) in [5.74, 6) is 0.209. The number of hydrogen-bond acceptors (Lipinski definition) is 2. The van der Waals surface area contributed by atoms with Crippen molar-refractivity contribution in [2.24, 2.45) is 0 Å². The van der Waals surface area contributed by atoms with E-state index in [1.807, 2.05) is 37.3 Å². The lowest BCUT2D eigenvalue weighted by Crippen LogP contribution is -2.36. The minimum atomic E-state index is -0.0470. The summed E-state index contributed by atoms with van der Waals surface area (Å²) in [5, 5.41) is 1.21. The Morgan fingerprint density at radius 3 is 2.71 bits per heavy atom. The van der Waals surface area contributed by atoms with Gasteiger partial charge in [-0.15, -0.1) is 0 Å². The predicted octanol–water partition coefficient (Wildman–Crippen LogP) is 2.23. The number of fused-ring (bicyclic) bond motifs is 1. The van der Waals surface area contributed by atoms with Crippen LogP contribution in [0.4, 0.5) is 0 Å². The Labute approximate surface area is 101 Å². The topological polar surface area (TPSA) is 36.1 Å². The van der Waals surface area contributed by atoms with Crippen LogP contribution in [0.25, 0.3) is 10.9 Å². The number of Topliss-reactive ketones (excluding diaryl/α,β-unsaturated/α-hetero) is 1. The predicted molar refractivity (Wildman–Crippen MR) is 70.2 cm³/mol. The van der Waals surface area contributed by atoms with Crippen LogP contribution in [0.3, 0.4) is 0 Å². The van der Waals surface area contributed by atoms with Crippen molar-refractivity contribution >= 4 is 16.7 Å². The number of rotatable bonds is 4. The van der Waals surface area contributed by atoms with Gasteiger partial charge in [0.15, 0.2) is 0 Å². The fourth-order valence-electron chi connectivity index (χ4n) is 2.20. The number of para-hydroxylation sites is 1. The number of ketones is 1. The summed E-state index contributed by atoms with van der Waals surface area (Å²) < 4.78 is 0. The van der Waals surface area contributed by atoms with Gasteiger partial charge in [0.2, 0.25) is 0 Å². The van der Waals surface area contributed by atoms with Crippen LogP contribution >= 0.6 is 0 Å². The van der Waals surface area contributed by atoms with Gasteiger partial charge in [-0.3, -0.25) is 9.69 Å². The molecular weight excluding hydrogens is 212 g/mol. The number of H-pyrrole nitrogens is 1. The fraction of sp³-hybridized carbons (Fsp3) is 0.357. The second-order valence-electron chi connectivity index (χ2n) is 4.65. The Bertz CT molecular complexity index is 528. The largest absolute Gasteiger partial charge is 0.361 e. The van der Waals surface area contributed by atoms with Gasteiger partial charge >= 0.3 is 0 Å². The van der Waals surface area contributed by atoms with Crippen LogP contribution in [0.5, 0.6) is 0 Å². The first kappa shape index (κ1) is 11.9. The molecule has 2 aromatic rings. The molecule has 1 aromatic carbocycles. The van der Waals surface area contributed by atoms with Gasteiger partial charge in [-0.25, -0.2) is 0 Å². The summed E-state index contributed by atoms with van der Waals surface area (Å²) in [4.78, 5) is 16.8. The lowest BCUT2D eigenvalue weighted by atomic mass is 10.0. The van der Waals surface area contributed by atoms with Crippen molar-refractivity contribution in [1.82, 2.24) is 9.88 Å². The van der Waals surface area contributed by atoms with E-state index in [1.165, 1.54) is 10.9 Å². The molecule has 0 radical (unpaired) electrons. The molecule has 3 heteroatoms. The molecule has 0 saturated carbocycles. The van der Waals surface area contributed by atoms with Crippen LogP contribution in [-0.2, 0) is 11.2 Å². The zero-order valence-corrected chi connectivity index (χ0v) is 10.5. The van der Waals surface area contributed by atoms with Crippen molar-refractivity contribution in [3.63, 3.8) is 0 Å². The molecule has 2 rings (SSSR count). The van der Waals surface area contributed by atoms with Gasteiger partial charge in [0.1, 0.15) is 5.78 Å². The molecule has 1 heterocycles. The first-order valence-corrected chi connectivity index (χ1v) is 5.81. The van der Waals surface area contributed by atoms with E-state index in [1.54, 1.807) is 6.92 Å². The van der Waals surface area contributed by atoms with Crippen LogP contribution in [-0.4, -0.2) is 35.8 Å². The SMILES string of the molecule is CC(=O)C(Cc1c[nH]c2ccccc12)N(C)C. The number of hydrogen-bond donors (Lipinski definition) is 1. The normalized spacial score (nSPS) is 13.2. The molecule has 1 aromatic heterocycles. The zero-order valence-electron chi connectivity index (χ0n) is 10.5. The van der Waals surface area contributed by atoms with Gasteiger partial charge in [0, 0.05) is 17.1 Å². The summed E-state index contributed by atoms with van der Waals surface area (Å²) in [7, 11) is 3.89. The molecule has 0 saturated heterocycles. The highest BCUT2D eigenvalue weighted by atomic mass is 16.1. The second kappa shape index (κ2) is 4.72. The Morgan fingerprint density at radius 2 is 2.06 bits per heavy atom. The van der Waals surface area contributed by atoms with Gasteiger partial charge in [0.25, 0.3) is 0 Å². The number of carbonyl (C=O) groups is 1. The molecule has 1 N–H and O–H groups in total. The van der Waals surface area contributed by atoms with E-state index in [-0.39, 0.29) is 11.8 Å². The van der Waals surface area contributed by atoms with E-state index in [0.29, 0.717) is 0 Å². The summed E-state index contributed by atoms with van der Waals surface area (Å²) in [6, 6.07) is 8.13. The van der Waals surface area contributed by atoms with Crippen LogP contribution in [0.15, 0.2) is 30.5 Å². The third-order valence-electron chi connectivity index (χ3n) is 3.18. The Kier molecular flexibility index (Phi) is 3.29. The maximum atomic E-state index is 11.6. The molecule has 17 heavy (non-hydrogen) atoms. The average Bonchev–Trinajstić information content (AvgIpc) is 2.68. The Balaban J connectivity index is 2.31. The van der Waals surface area contributed by atoms with Gasteiger partial charge in [-0.05, 0) is 39.1 Å². The van der Waals surface area contributed by atoms with E-state index in [0.717, 1.165) is 11.9 Å². The minimum Gasteiger partial charge on any atom is -0.361 e.